The lowest BCUT2D eigenvalue weighted by molar-refractivity contribution is -0.136. The van der Waals surface area contributed by atoms with Crippen LogP contribution >= 0.6 is 0 Å². The summed E-state index contributed by atoms with van der Waals surface area (Å²) in [6, 6.07) is 13.0. The predicted molar refractivity (Wildman–Crippen MR) is 218 cm³/mol. The van der Waals surface area contributed by atoms with Crippen molar-refractivity contribution in [2.24, 2.45) is 11.1 Å². The lowest BCUT2D eigenvalue weighted by atomic mass is 9.71. The second-order valence-electron chi connectivity index (χ2n) is 17.0. The van der Waals surface area contributed by atoms with Crippen LogP contribution in [-0.2, 0) is 16.0 Å². The summed E-state index contributed by atoms with van der Waals surface area (Å²) >= 11 is 0. The Bertz CT molecular complexity index is 2210. The summed E-state index contributed by atoms with van der Waals surface area (Å²) in [5.41, 5.74) is 10.4. The Morgan fingerprint density at radius 1 is 0.814 bits per heavy atom. The molecule has 7 heterocycles. The van der Waals surface area contributed by atoms with Gasteiger partial charge in [-0.05, 0) is 86.3 Å². The minimum absolute atomic E-state index is 0.0680. The SMILES string of the molecule is CN1CCN([C@@H]2CCCN(c3cnc(C(N)=O)c(Cc4ccc(N5CCC6(CC5)CCN(c5ccc7c(c5)C(=O)N(C5CCC(=O)NC5=O)C7=O)CC6)cc4)n3)C2)C1=O. The number of nitrogens with zero attached hydrogens (tertiary/aromatic N) is 8. The zero-order valence-corrected chi connectivity index (χ0v) is 33.4. The molecule has 1 spiro atoms. The van der Waals surface area contributed by atoms with Crippen molar-refractivity contribution < 1.29 is 28.8 Å². The number of carbonyl (C=O) groups is 6. The largest absolute Gasteiger partial charge is 0.371 e. The third-order valence-corrected chi connectivity index (χ3v) is 13.6. The number of fused-ring (bicyclic) bond motifs is 1. The Morgan fingerprint density at radius 2 is 1.49 bits per heavy atom. The molecule has 0 radical (unpaired) electrons. The van der Waals surface area contributed by atoms with E-state index in [2.05, 4.69) is 49.3 Å². The standard InChI is InChI=1S/C43H50N10O6/c1-48-21-22-52(42(48)59)30-3-2-16-51(26-30)35-25-45-37(38(44)55)33(46-35)23-27-4-6-28(7-5-27)49-17-12-43(13-18-49)14-19-50(20-15-43)29-8-9-31-32(24-29)41(58)53(40(31)57)34-10-11-36(54)47-39(34)56/h4-9,24-25,30,34H,2-3,10-23,26H2,1H3,(H2,44,55)(H,47,54,56)/t30-,34?/m1/s1. The van der Waals surface area contributed by atoms with Gasteiger partial charge in [0.1, 0.15) is 17.6 Å². The van der Waals surface area contributed by atoms with E-state index in [1.54, 1.807) is 23.2 Å². The molecule has 308 valence electrons. The highest BCUT2D eigenvalue weighted by Crippen LogP contribution is 2.43. The number of hydrogen-bond acceptors (Lipinski definition) is 11. The van der Waals surface area contributed by atoms with Gasteiger partial charge in [-0.3, -0.25) is 34.2 Å². The smallest absolute Gasteiger partial charge is 0.320 e. The second kappa shape index (κ2) is 15.3. The second-order valence-corrected chi connectivity index (χ2v) is 17.0. The molecule has 16 heteroatoms. The molecule has 7 amide bonds. The summed E-state index contributed by atoms with van der Waals surface area (Å²) in [6.45, 7) is 6.51. The minimum Gasteiger partial charge on any atom is -0.371 e. The number of nitrogens with one attached hydrogen (secondary N) is 1. The maximum Gasteiger partial charge on any atom is 0.320 e. The van der Waals surface area contributed by atoms with Crippen LogP contribution in [0.5, 0.6) is 0 Å². The third kappa shape index (κ3) is 7.22. The van der Waals surface area contributed by atoms with Gasteiger partial charge < -0.3 is 30.2 Å². The summed E-state index contributed by atoms with van der Waals surface area (Å²) in [5, 5.41) is 2.25. The molecular formula is C43H50N10O6. The molecule has 5 fully saturated rings. The van der Waals surface area contributed by atoms with Crippen LogP contribution in [0.4, 0.5) is 22.0 Å². The number of primary amides is 1. The molecule has 3 aromatic rings. The molecule has 59 heavy (non-hydrogen) atoms. The number of carbonyl (C=O) groups excluding carboxylic acids is 6. The number of urea groups is 1. The third-order valence-electron chi connectivity index (χ3n) is 13.6. The first-order valence-electron chi connectivity index (χ1n) is 20.8. The van der Waals surface area contributed by atoms with E-state index in [0.717, 1.165) is 106 Å². The van der Waals surface area contributed by atoms with Gasteiger partial charge in [0.25, 0.3) is 17.7 Å². The monoisotopic (exact) mass is 802 g/mol. The minimum atomic E-state index is -0.978. The number of hydrogen-bond donors (Lipinski definition) is 2. The fourth-order valence-electron chi connectivity index (χ4n) is 9.97. The molecule has 6 aliphatic heterocycles. The zero-order valence-electron chi connectivity index (χ0n) is 33.4. The molecule has 0 saturated carbocycles. The summed E-state index contributed by atoms with van der Waals surface area (Å²) in [4.78, 5) is 96.8. The van der Waals surface area contributed by atoms with Crippen LogP contribution in [0.15, 0.2) is 48.7 Å². The van der Waals surface area contributed by atoms with E-state index in [1.165, 1.54) is 0 Å². The first-order chi connectivity index (χ1) is 28.5. The Hall–Kier alpha value is -6.06. The van der Waals surface area contributed by atoms with Gasteiger partial charge in [0.15, 0.2) is 0 Å². The lowest BCUT2D eigenvalue weighted by Crippen LogP contribution is -2.54. The summed E-state index contributed by atoms with van der Waals surface area (Å²) < 4.78 is 0. The van der Waals surface area contributed by atoms with Gasteiger partial charge in [-0.25, -0.2) is 14.8 Å². The van der Waals surface area contributed by atoms with E-state index in [0.29, 0.717) is 35.6 Å². The molecule has 6 aliphatic rings. The van der Waals surface area contributed by atoms with E-state index in [9.17, 15) is 28.8 Å². The van der Waals surface area contributed by atoms with E-state index < -0.39 is 35.6 Å². The molecule has 2 atom stereocenters. The van der Waals surface area contributed by atoms with Crippen LogP contribution in [0.2, 0.25) is 0 Å². The summed E-state index contributed by atoms with van der Waals surface area (Å²) in [7, 11) is 1.84. The number of benzene rings is 2. The van der Waals surface area contributed by atoms with Crippen molar-refractivity contribution in [1.29, 1.82) is 0 Å². The number of likely N-dealkylation sites (N-methyl/N-ethyl adjacent to an activating group) is 1. The molecule has 0 bridgehead atoms. The zero-order chi connectivity index (χ0) is 41.0. The van der Waals surface area contributed by atoms with Crippen molar-refractivity contribution >= 4 is 52.8 Å². The normalized spacial score (nSPS) is 23.4. The Morgan fingerprint density at radius 3 is 2.15 bits per heavy atom. The maximum absolute atomic E-state index is 13.4. The van der Waals surface area contributed by atoms with E-state index >= 15 is 0 Å². The lowest BCUT2D eigenvalue weighted by Gasteiger charge is -2.48. The van der Waals surface area contributed by atoms with Crippen LogP contribution < -0.4 is 25.8 Å². The number of aromatic nitrogens is 2. The van der Waals surface area contributed by atoms with Crippen LogP contribution in [-0.4, -0.2) is 132 Å². The van der Waals surface area contributed by atoms with Gasteiger partial charge >= 0.3 is 6.03 Å². The van der Waals surface area contributed by atoms with Gasteiger partial charge in [0.2, 0.25) is 11.8 Å². The molecule has 1 unspecified atom stereocenters. The highest BCUT2D eigenvalue weighted by atomic mass is 16.2. The quantitative estimate of drug-likeness (QED) is 0.319. The average molecular weight is 803 g/mol. The van der Waals surface area contributed by atoms with Gasteiger partial charge in [0.05, 0.1) is 29.1 Å². The Labute approximate surface area is 342 Å². The van der Waals surface area contributed by atoms with Crippen molar-refractivity contribution in [2.45, 2.75) is 69.9 Å². The average Bonchev–Trinajstić information content (AvgIpc) is 3.71. The van der Waals surface area contributed by atoms with Crippen molar-refractivity contribution in [2.75, 3.05) is 74.1 Å². The number of nitrogens with two attached hydrogens (primary N) is 1. The maximum atomic E-state index is 13.4. The van der Waals surface area contributed by atoms with Gasteiger partial charge in [0, 0.05) is 83.6 Å². The van der Waals surface area contributed by atoms with Crippen LogP contribution in [0, 0.1) is 5.41 Å². The predicted octanol–water partition coefficient (Wildman–Crippen LogP) is 2.79. The van der Waals surface area contributed by atoms with Crippen LogP contribution in [0.1, 0.15) is 93.8 Å². The number of amides is 7. The number of rotatable bonds is 8. The number of piperidine rings is 4. The highest BCUT2D eigenvalue weighted by Gasteiger charge is 2.45. The molecule has 9 rings (SSSR count). The van der Waals surface area contributed by atoms with Crippen molar-refractivity contribution in [3.8, 4) is 0 Å². The van der Waals surface area contributed by atoms with Gasteiger partial charge in [-0.2, -0.15) is 0 Å². The fourth-order valence-corrected chi connectivity index (χ4v) is 9.97. The van der Waals surface area contributed by atoms with Gasteiger partial charge in [-0.15, -0.1) is 0 Å². The van der Waals surface area contributed by atoms with Gasteiger partial charge in [-0.1, -0.05) is 12.1 Å². The Kier molecular flexibility index (Phi) is 9.96. The molecule has 1 aromatic heterocycles. The topological polar surface area (TPSA) is 186 Å². The van der Waals surface area contributed by atoms with Crippen LogP contribution in [0.25, 0.3) is 0 Å². The van der Waals surface area contributed by atoms with Crippen LogP contribution in [0.3, 0.4) is 0 Å². The number of imide groups is 2. The molecular weight excluding hydrogens is 753 g/mol. The fraction of sp³-hybridized carbons (Fsp3) is 0.488. The van der Waals surface area contributed by atoms with Crippen molar-refractivity contribution in [1.82, 2.24) is 30.0 Å². The van der Waals surface area contributed by atoms with Crippen molar-refractivity contribution in [3.63, 3.8) is 0 Å². The van der Waals surface area contributed by atoms with E-state index in [4.69, 9.17) is 10.7 Å². The summed E-state index contributed by atoms with van der Waals surface area (Å²) in [6.07, 6.45) is 8.34. The van der Waals surface area contributed by atoms with E-state index in [1.807, 2.05) is 18.0 Å². The Balaban J connectivity index is 0.798. The van der Waals surface area contributed by atoms with E-state index in [-0.39, 0.29) is 36.0 Å². The highest BCUT2D eigenvalue weighted by molar-refractivity contribution is 6.23. The number of anilines is 3. The molecule has 0 aliphatic carbocycles. The molecule has 2 aromatic carbocycles. The molecule has 5 saturated heterocycles. The molecule has 3 N–H and O–H groups in total. The first-order valence-corrected chi connectivity index (χ1v) is 20.8. The summed E-state index contributed by atoms with van der Waals surface area (Å²) in [5.74, 6) is -1.89. The first kappa shape index (κ1) is 38.5. The molecule has 16 nitrogen and oxygen atoms in total. The van der Waals surface area contributed by atoms with Crippen molar-refractivity contribution in [3.05, 3.63) is 76.7 Å².